The number of hydrogen-bond donors (Lipinski definition) is 1. The number of nitrogens with zero attached hydrogens (tertiary/aromatic N) is 1. The Morgan fingerprint density at radius 2 is 1.68 bits per heavy atom. The summed E-state index contributed by atoms with van der Waals surface area (Å²) in [5.74, 6) is -0.351. The molecule has 0 bridgehead atoms. The summed E-state index contributed by atoms with van der Waals surface area (Å²) in [5, 5.41) is 0. The number of pyridine rings is 1. The van der Waals surface area contributed by atoms with Crippen molar-refractivity contribution < 1.29 is 4.39 Å². The van der Waals surface area contributed by atoms with Gasteiger partial charge in [-0.3, -0.25) is 4.98 Å². The second kappa shape index (κ2) is 4.74. The number of hydrogen-bond acceptors (Lipinski definition) is 2. The average molecular weight is 258 g/mol. The molecule has 2 rings (SSSR count). The maximum absolute atomic E-state index is 13.0. The molecule has 2 nitrogen and oxygen atoms in total. The number of rotatable bonds is 2. The first-order valence-corrected chi connectivity index (χ1v) is 6.31. The van der Waals surface area contributed by atoms with Crippen LogP contribution in [-0.2, 0) is 5.54 Å². The van der Waals surface area contributed by atoms with Crippen molar-refractivity contribution in [3.05, 3.63) is 64.2 Å². The quantitative estimate of drug-likeness (QED) is 0.897. The lowest BCUT2D eigenvalue weighted by molar-refractivity contribution is 0.564. The fraction of sp³-hybridized carbons (Fsp3) is 0.312. The van der Waals surface area contributed by atoms with Crippen LogP contribution in [0.5, 0.6) is 0 Å². The van der Waals surface area contributed by atoms with E-state index in [2.05, 4.69) is 31.0 Å². The van der Waals surface area contributed by atoms with Crippen molar-refractivity contribution in [2.24, 2.45) is 5.73 Å². The number of nitrogens with two attached hydrogens (primary N) is 1. The first kappa shape index (κ1) is 13.7. The van der Waals surface area contributed by atoms with E-state index in [1.165, 1.54) is 23.4 Å². The van der Waals surface area contributed by atoms with Gasteiger partial charge >= 0.3 is 0 Å². The third-order valence-corrected chi connectivity index (χ3v) is 3.66. The van der Waals surface area contributed by atoms with Gasteiger partial charge in [0.15, 0.2) is 0 Å². The van der Waals surface area contributed by atoms with E-state index in [0.717, 1.165) is 11.1 Å². The van der Waals surface area contributed by atoms with Gasteiger partial charge in [0.05, 0.1) is 17.4 Å². The van der Waals surface area contributed by atoms with Crippen molar-refractivity contribution in [2.45, 2.75) is 33.2 Å². The van der Waals surface area contributed by atoms with E-state index >= 15 is 0 Å². The van der Waals surface area contributed by atoms with Crippen molar-refractivity contribution in [3.63, 3.8) is 0 Å². The molecule has 1 aromatic carbocycles. The molecule has 3 heteroatoms. The van der Waals surface area contributed by atoms with Crippen molar-refractivity contribution in [2.75, 3.05) is 0 Å². The number of benzene rings is 1. The smallest absolute Gasteiger partial charge is 0.141 e. The lowest BCUT2D eigenvalue weighted by Crippen LogP contribution is -2.36. The van der Waals surface area contributed by atoms with Gasteiger partial charge in [-0.1, -0.05) is 12.1 Å². The van der Waals surface area contributed by atoms with Crippen LogP contribution in [0.1, 0.15) is 34.9 Å². The molecule has 1 unspecified atom stereocenters. The highest BCUT2D eigenvalue weighted by Gasteiger charge is 2.27. The molecule has 0 spiro atoms. The third kappa shape index (κ3) is 2.51. The van der Waals surface area contributed by atoms with Gasteiger partial charge < -0.3 is 5.73 Å². The van der Waals surface area contributed by atoms with E-state index in [0.29, 0.717) is 5.69 Å². The summed E-state index contributed by atoms with van der Waals surface area (Å²) < 4.78 is 13.0. The molecule has 0 fully saturated rings. The molecular formula is C16H19FN2. The molecule has 0 radical (unpaired) electrons. The summed E-state index contributed by atoms with van der Waals surface area (Å²) in [6, 6.07) is 7.25. The maximum atomic E-state index is 13.0. The van der Waals surface area contributed by atoms with Crippen molar-refractivity contribution in [3.8, 4) is 0 Å². The second-order valence-corrected chi connectivity index (χ2v) is 5.32. The normalized spacial score (nSPS) is 14.2. The minimum Gasteiger partial charge on any atom is -0.317 e. The molecule has 1 atom stereocenters. The van der Waals surface area contributed by atoms with Crippen LogP contribution < -0.4 is 5.73 Å². The fourth-order valence-corrected chi connectivity index (χ4v) is 2.34. The Morgan fingerprint density at radius 3 is 2.26 bits per heavy atom. The minimum absolute atomic E-state index is 0.351. The first-order chi connectivity index (χ1) is 8.82. The molecule has 0 aliphatic rings. The second-order valence-electron chi connectivity index (χ2n) is 5.32. The third-order valence-electron chi connectivity index (χ3n) is 3.66. The Kier molecular flexibility index (Phi) is 3.42. The van der Waals surface area contributed by atoms with E-state index in [1.54, 1.807) is 6.07 Å². The number of aryl methyl sites for hydroxylation is 3. The van der Waals surface area contributed by atoms with Gasteiger partial charge in [0.25, 0.3) is 0 Å². The Morgan fingerprint density at radius 1 is 1.05 bits per heavy atom. The molecule has 2 aromatic rings. The predicted molar refractivity (Wildman–Crippen MR) is 75.5 cm³/mol. The highest BCUT2D eigenvalue weighted by Crippen LogP contribution is 2.29. The zero-order valence-corrected chi connectivity index (χ0v) is 11.8. The van der Waals surface area contributed by atoms with E-state index in [-0.39, 0.29) is 5.82 Å². The van der Waals surface area contributed by atoms with E-state index in [1.807, 2.05) is 13.8 Å². The summed E-state index contributed by atoms with van der Waals surface area (Å²) in [4.78, 5) is 4.12. The van der Waals surface area contributed by atoms with Gasteiger partial charge in [-0.2, -0.15) is 0 Å². The zero-order chi connectivity index (χ0) is 14.2. The van der Waals surface area contributed by atoms with Crippen molar-refractivity contribution >= 4 is 0 Å². The highest BCUT2D eigenvalue weighted by atomic mass is 19.1. The van der Waals surface area contributed by atoms with Gasteiger partial charge in [0.2, 0.25) is 0 Å². The standard InChI is InChI=1S/C16H19FN2/c1-10-7-12(3)14(8-11(10)2)16(4,18)15-6-5-13(17)9-19-15/h5-9H,18H2,1-4H3. The number of aromatic nitrogens is 1. The Balaban J connectivity index is 2.55. The van der Waals surface area contributed by atoms with E-state index < -0.39 is 5.54 Å². The topological polar surface area (TPSA) is 38.9 Å². The molecule has 1 aromatic heterocycles. The SMILES string of the molecule is Cc1cc(C)c(C(C)(N)c2ccc(F)cn2)cc1C. The van der Waals surface area contributed by atoms with Crippen LogP contribution >= 0.6 is 0 Å². The lowest BCUT2D eigenvalue weighted by atomic mass is 9.84. The zero-order valence-electron chi connectivity index (χ0n) is 11.8. The van der Waals surface area contributed by atoms with Gasteiger partial charge in [-0.25, -0.2) is 4.39 Å². The maximum Gasteiger partial charge on any atom is 0.141 e. The van der Waals surface area contributed by atoms with Gasteiger partial charge in [-0.05, 0) is 62.1 Å². The van der Waals surface area contributed by atoms with Gasteiger partial charge in [-0.15, -0.1) is 0 Å². The summed E-state index contributed by atoms with van der Waals surface area (Å²) in [6.07, 6.45) is 1.21. The van der Waals surface area contributed by atoms with Crippen LogP contribution in [0.15, 0.2) is 30.5 Å². The molecular weight excluding hydrogens is 239 g/mol. The van der Waals surface area contributed by atoms with Crippen LogP contribution in [0.4, 0.5) is 4.39 Å². The minimum atomic E-state index is -0.726. The summed E-state index contributed by atoms with van der Waals surface area (Å²) in [6.45, 7) is 8.09. The van der Waals surface area contributed by atoms with Crippen molar-refractivity contribution in [1.29, 1.82) is 0 Å². The summed E-state index contributed by atoms with van der Waals surface area (Å²) in [5.41, 5.74) is 11.0. The average Bonchev–Trinajstić information content (AvgIpc) is 2.34. The monoisotopic (exact) mass is 258 g/mol. The molecule has 0 saturated heterocycles. The first-order valence-electron chi connectivity index (χ1n) is 6.31. The van der Waals surface area contributed by atoms with E-state index in [9.17, 15) is 4.39 Å². The molecule has 0 aliphatic carbocycles. The van der Waals surface area contributed by atoms with Gasteiger partial charge in [0.1, 0.15) is 5.82 Å². The highest BCUT2D eigenvalue weighted by molar-refractivity contribution is 5.44. The molecule has 0 saturated carbocycles. The van der Waals surface area contributed by atoms with Crippen LogP contribution in [0.25, 0.3) is 0 Å². The van der Waals surface area contributed by atoms with Crippen LogP contribution in [0.3, 0.4) is 0 Å². The van der Waals surface area contributed by atoms with Gasteiger partial charge in [0, 0.05) is 0 Å². The molecule has 19 heavy (non-hydrogen) atoms. The lowest BCUT2D eigenvalue weighted by Gasteiger charge is -2.27. The molecule has 0 aliphatic heterocycles. The van der Waals surface area contributed by atoms with E-state index in [4.69, 9.17) is 5.73 Å². The Labute approximate surface area is 113 Å². The summed E-state index contributed by atoms with van der Waals surface area (Å²) in [7, 11) is 0. The molecule has 0 amide bonds. The van der Waals surface area contributed by atoms with Crippen molar-refractivity contribution in [1.82, 2.24) is 4.98 Å². The number of halogens is 1. The fourth-order valence-electron chi connectivity index (χ4n) is 2.34. The van der Waals surface area contributed by atoms with Crippen LogP contribution in [0, 0.1) is 26.6 Å². The van der Waals surface area contributed by atoms with Crippen LogP contribution in [-0.4, -0.2) is 4.98 Å². The largest absolute Gasteiger partial charge is 0.317 e. The summed E-state index contributed by atoms with van der Waals surface area (Å²) >= 11 is 0. The Hall–Kier alpha value is -1.74. The van der Waals surface area contributed by atoms with Crippen LogP contribution in [0.2, 0.25) is 0 Å². The molecule has 1 heterocycles. The predicted octanol–water partition coefficient (Wildman–Crippen LogP) is 3.37. The Bertz CT molecular complexity index is 601. The molecule has 100 valence electrons. The molecule has 2 N–H and O–H groups in total.